The maximum atomic E-state index is 10.9. The zero-order chi connectivity index (χ0) is 8.53. The third-order valence-electron chi connectivity index (χ3n) is 1.33. The smallest absolute Gasteiger partial charge is 0.136 e. The second kappa shape index (κ2) is 7.01. The van der Waals surface area contributed by atoms with Crippen molar-refractivity contribution in [1.82, 2.24) is 0 Å². The number of carbonyl (C=O) groups excluding carboxylic acids is 1. The molecule has 0 heterocycles. The number of nitriles is 1. The highest BCUT2D eigenvalue weighted by molar-refractivity contribution is 5.79. The molecular weight excluding hydrogens is 138 g/mol. The summed E-state index contributed by atoms with van der Waals surface area (Å²) in [6.07, 6.45) is 5.95. The van der Waals surface area contributed by atoms with Crippen LogP contribution in [0.2, 0.25) is 0 Å². The SMILES string of the molecule is C/C=C/CC(=O)CCCC#N. The molecule has 0 atom stereocenters. The van der Waals surface area contributed by atoms with E-state index >= 15 is 0 Å². The first-order valence-electron chi connectivity index (χ1n) is 3.81. The minimum atomic E-state index is 0.221. The van der Waals surface area contributed by atoms with E-state index in [1.807, 2.05) is 25.1 Å². The van der Waals surface area contributed by atoms with Gasteiger partial charge in [0.1, 0.15) is 5.78 Å². The highest BCUT2D eigenvalue weighted by atomic mass is 16.1. The molecule has 0 fully saturated rings. The molecule has 0 spiro atoms. The van der Waals surface area contributed by atoms with Crippen molar-refractivity contribution in [2.45, 2.75) is 32.6 Å². The van der Waals surface area contributed by atoms with Gasteiger partial charge in [0.25, 0.3) is 0 Å². The summed E-state index contributed by atoms with van der Waals surface area (Å²) >= 11 is 0. The normalized spacial score (nSPS) is 9.82. The van der Waals surface area contributed by atoms with E-state index in [-0.39, 0.29) is 5.78 Å². The van der Waals surface area contributed by atoms with E-state index in [4.69, 9.17) is 5.26 Å². The second-order valence-electron chi connectivity index (χ2n) is 2.32. The van der Waals surface area contributed by atoms with Gasteiger partial charge >= 0.3 is 0 Å². The summed E-state index contributed by atoms with van der Waals surface area (Å²) in [5.74, 6) is 0.221. The van der Waals surface area contributed by atoms with Crippen LogP contribution in [0.3, 0.4) is 0 Å². The van der Waals surface area contributed by atoms with Gasteiger partial charge in [-0.05, 0) is 13.3 Å². The zero-order valence-corrected chi connectivity index (χ0v) is 6.84. The summed E-state index contributed by atoms with van der Waals surface area (Å²) in [5, 5.41) is 8.18. The van der Waals surface area contributed by atoms with Crippen molar-refractivity contribution in [2.24, 2.45) is 0 Å². The fourth-order valence-electron chi connectivity index (χ4n) is 0.716. The highest BCUT2D eigenvalue weighted by Gasteiger charge is 1.97. The number of allylic oxidation sites excluding steroid dienone is 2. The molecule has 0 bridgehead atoms. The average molecular weight is 151 g/mol. The molecule has 11 heavy (non-hydrogen) atoms. The molecule has 0 aliphatic carbocycles. The fraction of sp³-hybridized carbons (Fsp3) is 0.556. The van der Waals surface area contributed by atoms with Crippen molar-refractivity contribution >= 4 is 5.78 Å². The second-order valence-corrected chi connectivity index (χ2v) is 2.32. The Kier molecular flexibility index (Phi) is 6.31. The Morgan fingerprint density at radius 2 is 2.36 bits per heavy atom. The first kappa shape index (κ1) is 9.90. The van der Waals surface area contributed by atoms with Crippen molar-refractivity contribution < 1.29 is 4.79 Å². The van der Waals surface area contributed by atoms with Crippen LogP contribution < -0.4 is 0 Å². The van der Waals surface area contributed by atoms with E-state index in [0.29, 0.717) is 25.7 Å². The van der Waals surface area contributed by atoms with Gasteiger partial charge in [-0.2, -0.15) is 5.26 Å². The lowest BCUT2D eigenvalue weighted by Crippen LogP contribution is -1.94. The van der Waals surface area contributed by atoms with Gasteiger partial charge in [0.2, 0.25) is 0 Å². The van der Waals surface area contributed by atoms with Gasteiger partial charge in [-0.3, -0.25) is 4.79 Å². The minimum Gasteiger partial charge on any atom is -0.299 e. The molecule has 0 radical (unpaired) electrons. The summed E-state index contributed by atoms with van der Waals surface area (Å²) in [7, 11) is 0. The van der Waals surface area contributed by atoms with Crippen LogP contribution in [0, 0.1) is 11.3 Å². The number of unbranched alkanes of at least 4 members (excludes halogenated alkanes) is 1. The number of ketones is 1. The number of carbonyl (C=O) groups is 1. The summed E-state index contributed by atoms with van der Waals surface area (Å²) in [6.45, 7) is 1.89. The number of hydrogen-bond donors (Lipinski definition) is 0. The monoisotopic (exact) mass is 151 g/mol. The van der Waals surface area contributed by atoms with E-state index in [9.17, 15) is 4.79 Å². The molecule has 0 N–H and O–H groups in total. The predicted octanol–water partition coefficient (Wildman–Crippen LogP) is 2.22. The lowest BCUT2D eigenvalue weighted by Gasteiger charge is -1.91. The van der Waals surface area contributed by atoms with Crippen LogP contribution in [-0.2, 0) is 4.79 Å². The standard InChI is InChI=1S/C9H13NO/c1-2-3-6-9(11)7-4-5-8-10/h2-3H,4-7H2,1H3/b3-2+. The molecule has 0 rings (SSSR count). The molecule has 0 aliphatic rings. The maximum Gasteiger partial charge on any atom is 0.136 e. The van der Waals surface area contributed by atoms with Crippen molar-refractivity contribution in [3.63, 3.8) is 0 Å². The molecule has 0 saturated carbocycles. The Hall–Kier alpha value is -1.10. The quantitative estimate of drug-likeness (QED) is 0.446. The Labute approximate surface area is 67.5 Å². The Balaban J connectivity index is 3.31. The molecule has 0 unspecified atom stereocenters. The highest BCUT2D eigenvalue weighted by Crippen LogP contribution is 1.98. The van der Waals surface area contributed by atoms with E-state index in [0.717, 1.165) is 0 Å². The molecule has 2 heteroatoms. The van der Waals surface area contributed by atoms with E-state index < -0.39 is 0 Å². The molecule has 0 saturated heterocycles. The molecule has 0 aromatic rings. The summed E-state index contributed by atoms with van der Waals surface area (Å²) in [5.41, 5.74) is 0. The molecular formula is C9H13NO. The zero-order valence-electron chi connectivity index (χ0n) is 6.84. The Morgan fingerprint density at radius 3 is 2.91 bits per heavy atom. The van der Waals surface area contributed by atoms with Crippen molar-refractivity contribution in [3.8, 4) is 6.07 Å². The van der Waals surface area contributed by atoms with Gasteiger partial charge < -0.3 is 0 Å². The van der Waals surface area contributed by atoms with Crippen LogP contribution in [0.1, 0.15) is 32.6 Å². The van der Waals surface area contributed by atoms with Crippen LogP contribution in [0.5, 0.6) is 0 Å². The van der Waals surface area contributed by atoms with Gasteiger partial charge in [-0.1, -0.05) is 12.2 Å². The summed E-state index contributed by atoms with van der Waals surface area (Å²) < 4.78 is 0. The first-order chi connectivity index (χ1) is 5.31. The van der Waals surface area contributed by atoms with Gasteiger partial charge in [-0.15, -0.1) is 0 Å². The van der Waals surface area contributed by atoms with E-state index in [1.54, 1.807) is 0 Å². The fourth-order valence-corrected chi connectivity index (χ4v) is 0.716. The lowest BCUT2D eigenvalue weighted by molar-refractivity contribution is -0.118. The average Bonchev–Trinajstić information content (AvgIpc) is 2.01. The van der Waals surface area contributed by atoms with Crippen molar-refractivity contribution in [3.05, 3.63) is 12.2 Å². The van der Waals surface area contributed by atoms with Crippen LogP contribution >= 0.6 is 0 Å². The van der Waals surface area contributed by atoms with Crippen LogP contribution in [0.25, 0.3) is 0 Å². The van der Waals surface area contributed by atoms with E-state index in [1.165, 1.54) is 0 Å². The van der Waals surface area contributed by atoms with Crippen LogP contribution in [-0.4, -0.2) is 5.78 Å². The molecule has 0 aromatic heterocycles. The third-order valence-corrected chi connectivity index (χ3v) is 1.33. The molecule has 2 nitrogen and oxygen atoms in total. The molecule has 0 aromatic carbocycles. The van der Waals surface area contributed by atoms with E-state index in [2.05, 4.69) is 0 Å². The van der Waals surface area contributed by atoms with Crippen LogP contribution in [0.15, 0.2) is 12.2 Å². The maximum absolute atomic E-state index is 10.9. The third kappa shape index (κ3) is 6.79. The molecule has 0 amide bonds. The minimum absolute atomic E-state index is 0.221. The lowest BCUT2D eigenvalue weighted by atomic mass is 10.1. The Morgan fingerprint density at radius 1 is 1.64 bits per heavy atom. The first-order valence-corrected chi connectivity index (χ1v) is 3.81. The van der Waals surface area contributed by atoms with Gasteiger partial charge in [-0.25, -0.2) is 0 Å². The topological polar surface area (TPSA) is 40.9 Å². The largest absolute Gasteiger partial charge is 0.299 e. The molecule has 60 valence electrons. The summed E-state index contributed by atoms with van der Waals surface area (Å²) in [4.78, 5) is 10.9. The van der Waals surface area contributed by atoms with Crippen LogP contribution in [0.4, 0.5) is 0 Å². The van der Waals surface area contributed by atoms with Gasteiger partial charge in [0, 0.05) is 19.3 Å². The van der Waals surface area contributed by atoms with Crippen molar-refractivity contribution in [2.75, 3.05) is 0 Å². The van der Waals surface area contributed by atoms with Crippen molar-refractivity contribution in [1.29, 1.82) is 5.26 Å². The molecule has 0 aliphatic heterocycles. The number of Topliss-reactive ketones (excluding diaryl/α,β-unsaturated/α-hetero) is 1. The van der Waals surface area contributed by atoms with Gasteiger partial charge in [0.15, 0.2) is 0 Å². The number of nitrogens with zero attached hydrogens (tertiary/aromatic N) is 1. The number of hydrogen-bond acceptors (Lipinski definition) is 2. The Bertz CT molecular complexity index is 176. The predicted molar refractivity (Wildman–Crippen MR) is 43.9 cm³/mol. The van der Waals surface area contributed by atoms with Gasteiger partial charge in [0.05, 0.1) is 6.07 Å². The number of rotatable bonds is 5. The summed E-state index contributed by atoms with van der Waals surface area (Å²) in [6, 6.07) is 2.01.